The zero-order valence-corrected chi connectivity index (χ0v) is 19.4. The number of nitrogens with zero attached hydrogens (tertiary/aromatic N) is 3. The van der Waals surface area contributed by atoms with Gasteiger partial charge in [0, 0.05) is 27.8 Å². The van der Waals surface area contributed by atoms with Crippen molar-refractivity contribution in [3.8, 4) is 11.8 Å². The van der Waals surface area contributed by atoms with Crippen molar-refractivity contribution < 1.29 is 14.3 Å². The quantitative estimate of drug-likeness (QED) is 0.302. The molecule has 1 aromatic heterocycles. The fourth-order valence-electron chi connectivity index (χ4n) is 3.08. The van der Waals surface area contributed by atoms with E-state index in [4.69, 9.17) is 27.9 Å². The van der Waals surface area contributed by atoms with Gasteiger partial charge in [-0.25, -0.2) is 9.48 Å². The number of carbonyl (C=O) groups is 2. The topological polar surface area (TPSA) is 97.0 Å². The second-order valence-electron chi connectivity index (χ2n) is 7.09. The molecule has 0 spiro atoms. The largest absolute Gasteiger partial charge is 0.451 e. The predicted octanol–water partition coefficient (Wildman–Crippen LogP) is 4.56. The third-order valence-electron chi connectivity index (χ3n) is 4.80. The van der Waals surface area contributed by atoms with E-state index in [9.17, 15) is 14.9 Å². The van der Waals surface area contributed by atoms with Crippen LogP contribution in [0.2, 0.25) is 10.0 Å². The lowest BCUT2D eigenvalue weighted by Gasteiger charge is -2.08. The summed E-state index contributed by atoms with van der Waals surface area (Å²) in [5, 5.41) is 17.5. The van der Waals surface area contributed by atoms with Crippen LogP contribution in [-0.2, 0) is 20.9 Å². The zero-order valence-electron chi connectivity index (χ0n) is 17.9. The number of halogens is 2. The highest BCUT2D eigenvalue weighted by atomic mass is 35.5. The molecule has 168 valence electrons. The number of hydrogen-bond acceptors (Lipinski definition) is 5. The number of aromatic nitrogens is 2. The maximum atomic E-state index is 12.4. The minimum atomic E-state index is -0.900. The molecule has 0 aliphatic rings. The van der Waals surface area contributed by atoms with E-state index in [1.165, 1.54) is 6.08 Å². The second-order valence-corrected chi connectivity index (χ2v) is 7.93. The van der Waals surface area contributed by atoms with Crippen LogP contribution < -0.4 is 5.32 Å². The normalized spacial score (nSPS) is 11.1. The van der Waals surface area contributed by atoms with Gasteiger partial charge in [-0.1, -0.05) is 47.5 Å². The van der Waals surface area contributed by atoms with E-state index in [1.54, 1.807) is 29.8 Å². The first-order valence-electron chi connectivity index (χ1n) is 9.91. The summed E-state index contributed by atoms with van der Waals surface area (Å²) in [6, 6.07) is 16.2. The molecular formula is C24H20Cl2N4O3. The average molecular weight is 483 g/mol. The second kappa shape index (κ2) is 10.8. The number of esters is 1. The molecule has 2 aromatic carbocycles. The summed E-state index contributed by atoms with van der Waals surface area (Å²) in [6.07, 6.45) is 1.42. The van der Waals surface area contributed by atoms with E-state index in [0.717, 1.165) is 11.4 Å². The van der Waals surface area contributed by atoms with Gasteiger partial charge in [0.25, 0.3) is 5.91 Å². The Bertz CT molecular complexity index is 1260. The smallest absolute Gasteiger partial charge is 0.349 e. The lowest BCUT2D eigenvalue weighted by Crippen LogP contribution is -2.28. The number of benzene rings is 2. The van der Waals surface area contributed by atoms with Gasteiger partial charge in [0.05, 0.1) is 11.4 Å². The van der Waals surface area contributed by atoms with Crippen molar-refractivity contribution in [1.82, 2.24) is 15.1 Å². The Hall–Kier alpha value is -3.60. The van der Waals surface area contributed by atoms with Gasteiger partial charge >= 0.3 is 5.97 Å². The fourth-order valence-corrected chi connectivity index (χ4v) is 3.56. The Balaban J connectivity index is 1.65. The molecule has 9 heteroatoms. The van der Waals surface area contributed by atoms with Crippen molar-refractivity contribution in [2.24, 2.45) is 0 Å². The summed E-state index contributed by atoms with van der Waals surface area (Å²) in [4.78, 5) is 24.5. The molecule has 33 heavy (non-hydrogen) atoms. The third kappa shape index (κ3) is 6.01. The van der Waals surface area contributed by atoms with E-state index in [2.05, 4.69) is 10.4 Å². The van der Waals surface area contributed by atoms with Gasteiger partial charge < -0.3 is 10.1 Å². The third-order valence-corrected chi connectivity index (χ3v) is 5.39. The molecule has 0 saturated heterocycles. The highest BCUT2D eigenvalue weighted by Crippen LogP contribution is 2.22. The van der Waals surface area contributed by atoms with Crippen LogP contribution in [0.1, 0.15) is 22.5 Å². The zero-order chi connectivity index (χ0) is 24.0. The number of ether oxygens (including phenoxy) is 1. The number of aryl methyl sites for hydroxylation is 1. The number of amides is 1. The first-order valence-corrected chi connectivity index (χ1v) is 10.7. The van der Waals surface area contributed by atoms with Gasteiger partial charge in [0.2, 0.25) is 0 Å². The van der Waals surface area contributed by atoms with Gasteiger partial charge in [0.15, 0.2) is 6.61 Å². The Morgan fingerprint density at radius 3 is 2.58 bits per heavy atom. The molecule has 0 aliphatic carbocycles. The van der Waals surface area contributed by atoms with Gasteiger partial charge in [0.1, 0.15) is 11.6 Å². The van der Waals surface area contributed by atoms with E-state index >= 15 is 0 Å². The van der Waals surface area contributed by atoms with Crippen LogP contribution in [0.5, 0.6) is 0 Å². The van der Waals surface area contributed by atoms with Crippen LogP contribution in [0.3, 0.4) is 0 Å². The van der Waals surface area contributed by atoms with Crippen molar-refractivity contribution >= 4 is 41.2 Å². The van der Waals surface area contributed by atoms with Crippen LogP contribution in [0.15, 0.2) is 54.1 Å². The highest BCUT2D eigenvalue weighted by molar-refractivity contribution is 6.35. The molecule has 0 radical (unpaired) electrons. The van der Waals surface area contributed by atoms with Crippen molar-refractivity contribution in [2.75, 3.05) is 6.61 Å². The van der Waals surface area contributed by atoms with E-state index in [-0.39, 0.29) is 12.1 Å². The molecule has 0 fully saturated rings. The monoisotopic (exact) mass is 482 g/mol. The molecule has 1 N–H and O–H groups in total. The number of hydrogen-bond donors (Lipinski definition) is 1. The molecule has 3 aromatic rings. The number of para-hydroxylation sites is 1. The summed E-state index contributed by atoms with van der Waals surface area (Å²) >= 11 is 11.9. The molecular weight excluding hydrogens is 463 g/mol. The minimum absolute atomic E-state index is 0.143. The molecule has 3 rings (SSSR count). The lowest BCUT2D eigenvalue weighted by atomic mass is 10.1. The minimum Gasteiger partial charge on any atom is -0.451 e. The maximum absolute atomic E-state index is 12.4. The number of rotatable bonds is 7. The Morgan fingerprint density at radius 1 is 1.18 bits per heavy atom. The van der Waals surface area contributed by atoms with E-state index in [1.807, 2.05) is 43.3 Å². The van der Waals surface area contributed by atoms with Crippen LogP contribution in [-0.4, -0.2) is 28.3 Å². The van der Waals surface area contributed by atoms with Gasteiger partial charge in [-0.15, -0.1) is 0 Å². The fraction of sp³-hybridized carbons (Fsp3) is 0.167. The van der Waals surface area contributed by atoms with Crippen molar-refractivity contribution in [1.29, 1.82) is 5.26 Å². The first-order chi connectivity index (χ1) is 15.8. The van der Waals surface area contributed by atoms with Crippen LogP contribution in [0, 0.1) is 25.2 Å². The molecule has 7 nitrogen and oxygen atoms in total. The first kappa shape index (κ1) is 24.1. The SMILES string of the molecule is Cc1nn(-c2ccccc2)c(C)c1C=C(C#N)C(=O)OCC(=O)NCc1ccc(Cl)cc1Cl. The summed E-state index contributed by atoms with van der Waals surface area (Å²) in [6.45, 7) is 3.23. The summed E-state index contributed by atoms with van der Waals surface area (Å²) in [7, 11) is 0. The molecule has 1 amide bonds. The Morgan fingerprint density at radius 2 is 1.91 bits per heavy atom. The van der Waals surface area contributed by atoms with Crippen molar-refractivity contribution in [2.45, 2.75) is 20.4 Å². The van der Waals surface area contributed by atoms with E-state index < -0.39 is 18.5 Å². The Labute approximate surface area is 201 Å². The van der Waals surface area contributed by atoms with Gasteiger partial charge in [-0.3, -0.25) is 4.79 Å². The van der Waals surface area contributed by atoms with Crippen LogP contribution in [0.4, 0.5) is 0 Å². The van der Waals surface area contributed by atoms with Gasteiger partial charge in [-0.05, 0) is 49.8 Å². The van der Waals surface area contributed by atoms with Crippen molar-refractivity contribution in [3.05, 3.63) is 86.7 Å². The Kier molecular flexibility index (Phi) is 7.88. The molecule has 0 unspecified atom stereocenters. The lowest BCUT2D eigenvalue weighted by molar-refractivity contribution is -0.144. The summed E-state index contributed by atoms with van der Waals surface area (Å²) in [5.41, 5.74) is 3.33. The molecule has 1 heterocycles. The maximum Gasteiger partial charge on any atom is 0.349 e. The standard InChI is InChI=1S/C24H20Cl2N4O3/c1-15-21(16(2)30(29-15)20-6-4-3-5-7-20)10-18(12-27)24(32)33-14-23(31)28-13-17-8-9-19(25)11-22(17)26/h3-11H,13-14H2,1-2H3,(H,28,31). The number of nitriles is 1. The van der Waals surface area contributed by atoms with Crippen molar-refractivity contribution in [3.63, 3.8) is 0 Å². The summed E-state index contributed by atoms with van der Waals surface area (Å²) < 4.78 is 6.75. The molecule has 0 aliphatic heterocycles. The van der Waals surface area contributed by atoms with Gasteiger partial charge in [-0.2, -0.15) is 10.4 Å². The number of carbonyl (C=O) groups excluding carboxylic acids is 2. The van der Waals surface area contributed by atoms with Crippen LogP contribution in [0.25, 0.3) is 11.8 Å². The predicted molar refractivity (Wildman–Crippen MR) is 126 cm³/mol. The van der Waals surface area contributed by atoms with E-state index in [0.29, 0.717) is 26.9 Å². The summed E-state index contributed by atoms with van der Waals surface area (Å²) in [5.74, 6) is -1.43. The van der Waals surface area contributed by atoms with Crippen LogP contribution >= 0.6 is 23.2 Å². The molecule has 0 atom stereocenters. The molecule has 0 bridgehead atoms. The number of nitrogens with one attached hydrogen (secondary N) is 1. The highest BCUT2D eigenvalue weighted by Gasteiger charge is 2.17. The molecule has 0 saturated carbocycles. The average Bonchev–Trinajstić information content (AvgIpc) is 3.09.